The Morgan fingerprint density at radius 3 is 3.00 bits per heavy atom. The second-order valence-corrected chi connectivity index (χ2v) is 6.12. The van der Waals surface area contributed by atoms with E-state index in [1.807, 2.05) is 18.2 Å². The minimum absolute atomic E-state index is 0.352. The van der Waals surface area contributed by atoms with Gasteiger partial charge in [0.15, 0.2) is 0 Å². The molecule has 0 bridgehead atoms. The second kappa shape index (κ2) is 6.04. The van der Waals surface area contributed by atoms with Gasteiger partial charge in [-0.2, -0.15) is 0 Å². The molecule has 18 heavy (non-hydrogen) atoms. The van der Waals surface area contributed by atoms with Crippen LogP contribution in [0.15, 0.2) is 22.7 Å². The normalized spacial score (nSPS) is 25.3. The Morgan fingerprint density at radius 2 is 2.28 bits per heavy atom. The molecule has 4 heteroatoms. The highest BCUT2D eigenvalue weighted by Crippen LogP contribution is 2.27. The lowest BCUT2D eigenvalue weighted by Crippen LogP contribution is -2.46. The van der Waals surface area contributed by atoms with Crippen LogP contribution in [0.25, 0.3) is 0 Å². The van der Waals surface area contributed by atoms with E-state index in [2.05, 4.69) is 40.1 Å². The first-order valence-corrected chi connectivity index (χ1v) is 7.25. The van der Waals surface area contributed by atoms with Crippen molar-refractivity contribution in [3.8, 4) is 5.75 Å². The van der Waals surface area contributed by atoms with Gasteiger partial charge in [-0.1, -0.05) is 19.1 Å². The number of hydrogen-bond donors (Lipinski definition) is 2. The number of phenols is 1. The third kappa shape index (κ3) is 3.25. The van der Waals surface area contributed by atoms with Gasteiger partial charge in [-0.15, -0.1) is 0 Å². The number of benzene rings is 1. The Kier molecular flexibility index (Phi) is 4.65. The smallest absolute Gasteiger partial charge is 0.134 e. The molecule has 1 aliphatic heterocycles. The monoisotopic (exact) mass is 312 g/mol. The lowest BCUT2D eigenvalue weighted by molar-refractivity contribution is 0.174. The molecular weight excluding hydrogens is 292 g/mol. The predicted octanol–water partition coefficient (Wildman–Crippen LogP) is 2.58. The van der Waals surface area contributed by atoms with Gasteiger partial charge in [-0.05, 0) is 47.9 Å². The number of hydrogen-bond acceptors (Lipinski definition) is 3. The minimum Gasteiger partial charge on any atom is -0.506 e. The van der Waals surface area contributed by atoms with Crippen molar-refractivity contribution in [1.82, 2.24) is 10.2 Å². The van der Waals surface area contributed by atoms with Crippen molar-refractivity contribution in [2.24, 2.45) is 5.92 Å². The van der Waals surface area contributed by atoms with E-state index in [0.29, 0.717) is 17.7 Å². The van der Waals surface area contributed by atoms with Crippen molar-refractivity contribution < 1.29 is 5.11 Å². The van der Waals surface area contributed by atoms with Crippen molar-refractivity contribution in [2.75, 3.05) is 20.1 Å². The van der Waals surface area contributed by atoms with Gasteiger partial charge in [-0.3, -0.25) is 0 Å². The van der Waals surface area contributed by atoms with Crippen molar-refractivity contribution in [3.05, 3.63) is 28.2 Å². The summed E-state index contributed by atoms with van der Waals surface area (Å²) in [6, 6.07) is 6.32. The number of piperidine rings is 1. The van der Waals surface area contributed by atoms with E-state index in [4.69, 9.17) is 0 Å². The zero-order chi connectivity index (χ0) is 13.1. The molecule has 1 aromatic carbocycles. The number of likely N-dealkylation sites (tertiary alicyclic amines) is 1. The van der Waals surface area contributed by atoms with Gasteiger partial charge in [0.05, 0.1) is 4.47 Å². The highest BCUT2D eigenvalue weighted by molar-refractivity contribution is 9.10. The molecule has 3 nitrogen and oxygen atoms in total. The maximum absolute atomic E-state index is 9.94. The maximum atomic E-state index is 9.94. The number of aromatic hydroxyl groups is 1. The lowest BCUT2D eigenvalue weighted by Gasteiger charge is -2.35. The summed E-state index contributed by atoms with van der Waals surface area (Å²) in [6.07, 6.45) is 1.17. The molecule has 1 heterocycles. The fourth-order valence-electron chi connectivity index (χ4n) is 2.60. The second-order valence-electron chi connectivity index (χ2n) is 5.26. The van der Waals surface area contributed by atoms with Gasteiger partial charge in [0, 0.05) is 24.7 Å². The maximum Gasteiger partial charge on any atom is 0.134 e. The Labute approximate surface area is 117 Å². The summed E-state index contributed by atoms with van der Waals surface area (Å²) in [5, 5.41) is 13.5. The number of halogens is 1. The van der Waals surface area contributed by atoms with E-state index < -0.39 is 0 Å². The van der Waals surface area contributed by atoms with Gasteiger partial charge >= 0.3 is 0 Å². The first-order chi connectivity index (χ1) is 8.58. The number of rotatable bonds is 3. The average molecular weight is 313 g/mol. The molecule has 2 N–H and O–H groups in total. The summed E-state index contributed by atoms with van der Waals surface area (Å²) in [7, 11) is 2.17. The molecule has 2 atom stereocenters. The average Bonchev–Trinajstić information content (AvgIpc) is 2.33. The van der Waals surface area contributed by atoms with E-state index in [-0.39, 0.29) is 0 Å². The van der Waals surface area contributed by atoms with Crippen LogP contribution in [0.4, 0.5) is 0 Å². The fourth-order valence-corrected chi connectivity index (χ4v) is 3.01. The molecule has 2 rings (SSSR count). The van der Waals surface area contributed by atoms with Crippen molar-refractivity contribution in [3.63, 3.8) is 0 Å². The first-order valence-electron chi connectivity index (χ1n) is 6.46. The Hall–Kier alpha value is -0.580. The van der Waals surface area contributed by atoms with Crippen LogP contribution in [-0.4, -0.2) is 36.2 Å². The number of para-hydroxylation sites is 1. The fraction of sp³-hybridized carbons (Fsp3) is 0.571. The highest BCUT2D eigenvalue weighted by Gasteiger charge is 2.23. The Bertz CT molecular complexity index is 411. The van der Waals surface area contributed by atoms with E-state index in [1.165, 1.54) is 6.42 Å². The van der Waals surface area contributed by atoms with Crippen LogP contribution in [0, 0.1) is 5.92 Å². The van der Waals surface area contributed by atoms with Crippen LogP contribution in [0.1, 0.15) is 18.9 Å². The lowest BCUT2D eigenvalue weighted by atomic mass is 9.94. The standard InChI is InChI=1S/C14H21BrN2O/c1-10-9-17(2)7-6-13(10)16-8-11-4-3-5-12(15)14(11)18/h3-5,10,13,16,18H,6-9H2,1-2H3. The van der Waals surface area contributed by atoms with Crippen LogP contribution in [0.2, 0.25) is 0 Å². The molecule has 0 aliphatic carbocycles. The Balaban J connectivity index is 1.93. The number of phenolic OH excluding ortho intramolecular Hbond substituents is 1. The summed E-state index contributed by atoms with van der Waals surface area (Å²) in [4.78, 5) is 2.37. The van der Waals surface area contributed by atoms with E-state index in [0.717, 1.165) is 29.7 Å². The summed E-state index contributed by atoms with van der Waals surface area (Å²) in [5.41, 5.74) is 0.954. The van der Waals surface area contributed by atoms with Crippen LogP contribution in [0.5, 0.6) is 5.75 Å². The van der Waals surface area contributed by atoms with Gasteiger partial charge < -0.3 is 15.3 Å². The van der Waals surface area contributed by atoms with Crippen molar-refractivity contribution >= 4 is 15.9 Å². The van der Waals surface area contributed by atoms with E-state index >= 15 is 0 Å². The Morgan fingerprint density at radius 1 is 1.50 bits per heavy atom. The molecule has 100 valence electrons. The van der Waals surface area contributed by atoms with Crippen LogP contribution in [0.3, 0.4) is 0 Å². The quantitative estimate of drug-likeness (QED) is 0.900. The zero-order valence-corrected chi connectivity index (χ0v) is 12.6. The van der Waals surface area contributed by atoms with Crippen LogP contribution < -0.4 is 5.32 Å². The molecule has 2 unspecified atom stereocenters. The first kappa shape index (κ1) is 13.8. The molecule has 1 aliphatic rings. The minimum atomic E-state index is 0.352. The van der Waals surface area contributed by atoms with Crippen molar-refractivity contribution in [1.29, 1.82) is 0 Å². The molecule has 1 aromatic rings. The zero-order valence-electron chi connectivity index (χ0n) is 11.0. The topological polar surface area (TPSA) is 35.5 Å². The molecule has 1 saturated heterocycles. The summed E-state index contributed by atoms with van der Waals surface area (Å²) in [6.45, 7) is 5.30. The molecule has 0 aromatic heterocycles. The predicted molar refractivity (Wildman–Crippen MR) is 77.7 cm³/mol. The summed E-state index contributed by atoms with van der Waals surface area (Å²) >= 11 is 3.35. The number of nitrogens with zero attached hydrogens (tertiary/aromatic N) is 1. The third-order valence-electron chi connectivity index (χ3n) is 3.73. The summed E-state index contributed by atoms with van der Waals surface area (Å²) < 4.78 is 0.762. The van der Waals surface area contributed by atoms with E-state index in [9.17, 15) is 5.11 Å². The molecular formula is C14H21BrN2O. The number of nitrogens with one attached hydrogen (secondary N) is 1. The molecule has 0 radical (unpaired) electrons. The third-order valence-corrected chi connectivity index (χ3v) is 4.37. The van der Waals surface area contributed by atoms with Gasteiger partial charge in [-0.25, -0.2) is 0 Å². The van der Waals surface area contributed by atoms with Crippen molar-refractivity contribution in [2.45, 2.75) is 25.9 Å². The molecule has 0 spiro atoms. The van der Waals surface area contributed by atoms with Gasteiger partial charge in [0.25, 0.3) is 0 Å². The van der Waals surface area contributed by atoms with Gasteiger partial charge in [0.1, 0.15) is 5.75 Å². The summed E-state index contributed by atoms with van der Waals surface area (Å²) in [5.74, 6) is 1.00. The van der Waals surface area contributed by atoms with Gasteiger partial charge in [0.2, 0.25) is 0 Å². The van der Waals surface area contributed by atoms with Crippen LogP contribution in [-0.2, 0) is 6.54 Å². The van der Waals surface area contributed by atoms with Crippen LogP contribution >= 0.6 is 15.9 Å². The SMILES string of the molecule is CC1CN(C)CCC1NCc1cccc(Br)c1O. The molecule has 1 fully saturated rings. The highest BCUT2D eigenvalue weighted by atomic mass is 79.9. The largest absolute Gasteiger partial charge is 0.506 e. The van der Waals surface area contributed by atoms with E-state index in [1.54, 1.807) is 0 Å². The molecule has 0 saturated carbocycles. The molecule has 0 amide bonds.